The van der Waals surface area contributed by atoms with Crippen molar-refractivity contribution in [3.8, 4) is 0 Å². The summed E-state index contributed by atoms with van der Waals surface area (Å²) in [6.07, 6.45) is 0.668. The Morgan fingerprint density at radius 3 is 2.32 bits per heavy atom. The minimum Gasteiger partial charge on any atom is -0.465 e. The van der Waals surface area contributed by atoms with Crippen molar-refractivity contribution < 1.29 is 14.7 Å². The monoisotopic (exact) mass is 386 g/mol. The summed E-state index contributed by atoms with van der Waals surface area (Å²) in [6, 6.07) is 7.75. The molecule has 0 aliphatic carbocycles. The van der Waals surface area contributed by atoms with Gasteiger partial charge in [0.15, 0.2) is 0 Å². The van der Waals surface area contributed by atoms with E-state index in [0.717, 1.165) is 31.6 Å². The Bertz CT molecular complexity index is 770. The number of benzene rings is 1. The quantitative estimate of drug-likeness (QED) is 0.861. The van der Waals surface area contributed by atoms with E-state index in [1.54, 1.807) is 19.0 Å². The standard InChI is InChI=1S/C21H30N4O3/c1-15(2)13-25-19-10-12-23(21(27)28)11-9-17(19)14-24(25)18-7-5-16(6-8-18)20(26)22(3)4/h5-8,15H,9-14H2,1-4H3,(H,27,28). The first kappa shape index (κ1) is 20.0. The number of carbonyl (C=O) groups excluding carboxylic acids is 1. The first-order valence-electron chi connectivity index (χ1n) is 9.83. The van der Waals surface area contributed by atoms with E-state index in [2.05, 4.69) is 23.9 Å². The molecule has 28 heavy (non-hydrogen) atoms. The van der Waals surface area contributed by atoms with Crippen LogP contribution in [0, 0.1) is 5.92 Å². The lowest BCUT2D eigenvalue weighted by molar-refractivity contribution is 0.0827. The van der Waals surface area contributed by atoms with Gasteiger partial charge in [-0.05, 0) is 42.2 Å². The number of nitrogens with zero attached hydrogens (tertiary/aromatic N) is 4. The van der Waals surface area contributed by atoms with Gasteiger partial charge in [-0.2, -0.15) is 0 Å². The molecule has 0 atom stereocenters. The average Bonchev–Trinajstić information content (AvgIpc) is 2.84. The number of carbonyl (C=O) groups is 2. The third-order valence-corrected chi connectivity index (χ3v) is 5.28. The third kappa shape index (κ3) is 4.08. The molecule has 3 rings (SSSR count). The number of rotatable bonds is 4. The normalized spacial score (nSPS) is 17.1. The van der Waals surface area contributed by atoms with Gasteiger partial charge in [0.2, 0.25) is 0 Å². The molecule has 2 aliphatic rings. The molecule has 2 heterocycles. The second kappa shape index (κ2) is 8.12. The van der Waals surface area contributed by atoms with E-state index in [9.17, 15) is 14.7 Å². The highest BCUT2D eigenvalue weighted by Gasteiger charge is 2.33. The van der Waals surface area contributed by atoms with Crippen molar-refractivity contribution in [1.29, 1.82) is 0 Å². The summed E-state index contributed by atoms with van der Waals surface area (Å²) in [5, 5.41) is 13.9. The molecule has 0 unspecified atom stereocenters. The van der Waals surface area contributed by atoms with E-state index >= 15 is 0 Å². The highest BCUT2D eigenvalue weighted by atomic mass is 16.4. The van der Waals surface area contributed by atoms with Gasteiger partial charge in [0.05, 0.1) is 12.2 Å². The smallest absolute Gasteiger partial charge is 0.407 e. The maximum absolute atomic E-state index is 12.2. The molecule has 152 valence electrons. The lowest BCUT2D eigenvalue weighted by Gasteiger charge is -2.36. The number of hydrogen-bond donors (Lipinski definition) is 1. The van der Waals surface area contributed by atoms with Crippen LogP contribution >= 0.6 is 0 Å². The maximum atomic E-state index is 12.2. The number of carboxylic acid groups (broad SMARTS) is 1. The molecule has 7 heteroatoms. The van der Waals surface area contributed by atoms with Crippen LogP contribution in [-0.4, -0.2) is 72.2 Å². The number of amides is 2. The highest BCUT2D eigenvalue weighted by molar-refractivity contribution is 5.94. The van der Waals surface area contributed by atoms with Crippen molar-refractivity contribution in [2.45, 2.75) is 26.7 Å². The first-order chi connectivity index (χ1) is 13.3. The van der Waals surface area contributed by atoms with Crippen molar-refractivity contribution in [3.05, 3.63) is 41.1 Å². The van der Waals surface area contributed by atoms with Crippen LogP contribution in [0.2, 0.25) is 0 Å². The van der Waals surface area contributed by atoms with E-state index in [-0.39, 0.29) is 5.91 Å². The van der Waals surface area contributed by atoms with Gasteiger partial charge in [0.1, 0.15) is 0 Å². The van der Waals surface area contributed by atoms with E-state index in [0.29, 0.717) is 24.6 Å². The van der Waals surface area contributed by atoms with Gasteiger partial charge >= 0.3 is 6.09 Å². The Kier molecular flexibility index (Phi) is 5.82. The van der Waals surface area contributed by atoms with Crippen molar-refractivity contribution in [3.63, 3.8) is 0 Å². The van der Waals surface area contributed by atoms with Gasteiger partial charge in [-0.3, -0.25) is 14.8 Å². The second-order valence-corrected chi connectivity index (χ2v) is 8.10. The molecule has 2 aliphatic heterocycles. The Hall–Kier alpha value is -2.70. The molecule has 1 aromatic carbocycles. The zero-order chi connectivity index (χ0) is 20.4. The van der Waals surface area contributed by atoms with Crippen LogP contribution in [0.15, 0.2) is 35.5 Å². The molecule has 0 saturated heterocycles. The zero-order valence-electron chi connectivity index (χ0n) is 17.2. The fourth-order valence-corrected chi connectivity index (χ4v) is 3.85. The zero-order valence-corrected chi connectivity index (χ0v) is 17.2. The second-order valence-electron chi connectivity index (χ2n) is 8.10. The van der Waals surface area contributed by atoms with Crippen LogP contribution in [-0.2, 0) is 0 Å². The number of hydrazine groups is 1. The van der Waals surface area contributed by atoms with E-state index < -0.39 is 6.09 Å². The van der Waals surface area contributed by atoms with Crippen LogP contribution in [0.1, 0.15) is 37.0 Å². The van der Waals surface area contributed by atoms with Crippen molar-refractivity contribution >= 4 is 17.7 Å². The molecule has 0 spiro atoms. The van der Waals surface area contributed by atoms with Gasteiger partial charge in [-0.1, -0.05) is 13.8 Å². The fourth-order valence-electron chi connectivity index (χ4n) is 3.85. The molecule has 0 saturated carbocycles. The molecule has 0 bridgehead atoms. The number of anilines is 1. The van der Waals surface area contributed by atoms with E-state index in [1.165, 1.54) is 16.2 Å². The van der Waals surface area contributed by atoms with Gasteiger partial charge in [-0.15, -0.1) is 0 Å². The molecular weight excluding hydrogens is 356 g/mol. The Morgan fingerprint density at radius 2 is 1.75 bits per heavy atom. The minimum atomic E-state index is -0.838. The SMILES string of the molecule is CC(C)CN1C2=C(CCN(C(=O)O)CC2)CN1c1ccc(C(=O)N(C)C)cc1. The molecule has 1 aromatic rings. The predicted molar refractivity (Wildman–Crippen MR) is 109 cm³/mol. The van der Waals surface area contributed by atoms with Gasteiger partial charge in [0.25, 0.3) is 5.91 Å². The van der Waals surface area contributed by atoms with Crippen LogP contribution in [0.5, 0.6) is 0 Å². The maximum Gasteiger partial charge on any atom is 0.407 e. The van der Waals surface area contributed by atoms with E-state index in [4.69, 9.17) is 0 Å². The molecule has 0 aromatic heterocycles. The molecule has 7 nitrogen and oxygen atoms in total. The third-order valence-electron chi connectivity index (χ3n) is 5.28. The van der Waals surface area contributed by atoms with Crippen molar-refractivity contribution in [1.82, 2.24) is 14.8 Å². The Labute approximate surface area is 166 Å². The Morgan fingerprint density at radius 1 is 1.11 bits per heavy atom. The van der Waals surface area contributed by atoms with Gasteiger partial charge in [0, 0.05) is 51.4 Å². The largest absolute Gasteiger partial charge is 0.465 e. The molecular formula is C21H30N4O3. The highest BCUT2D eigenvalue weighted by Crippen LogP contribution is 2.34. The van der Waals surface area contributed by atoms with E-state index in [1.807, 2.05) is 24.3 Å². The van der Waals surface area contributed by atoms with Gasteiger partial charge < -0.3 is 14.9 Å². The summed E-state index contributed by atoms with van der Waals surface area (Å²) in [6.45, 7) is 7.12. The molecule has 1 N–H and O–H groups in total. The summed E-state index contributed by atoms with van der Waals surface area (Å²) in [7, 11) is 3.50. The summed E-state index contributed by atoms with van der Waals surface area (Å²) in [5.41, 5.74) is 4.30. The summed E-state index contributed by atoms with van der Waals surface area (Å²) < 4.78 is 0. The topological polar surface area (TPSA) is 67.3 Å². The summed E-state index contributed by atoms with van der Waals surface area (Å²) in [5.74, 6) is 0.470. The summed E-state index contributed by atoms with van der Waals surface area (Å²) in [4.78, 5) is 26.6. The lowest BCUT2D eigenvalue weighted by Crippen LogP contribution is -2.41. The van der Waals surface area contributed by atoms with Crippen LogP contribution in [0.25, 0.3) is 0 Å². The van der Waals surface area contributed by atoms with Crippen molar-refractivity contribution in [2.24, 2.45) is 5.92 Å². The summed E-state index contributed by atoms with van der Waals surface area (Å²) >= 11 is 0. The molecule has 2 amide bonds. The molecule has 0 radical (unpaired) electrons. The van der Waals surface area contributed by atoms with Crippen molar-refractivity contribution in [2.75, 3.05) is 45.3 Å². The van der Waals surface area contributed by atoms with Crippen LogP contribution in [0.3, 0.4) is 0 Å². The van der Waals surface area contributed by atoms with Crippen LogP contribution in [0.4, 0.5) is 10.5 Å². The minimum absolute atomic E-state index is 0.00493. The lowest BCUT2D eigenvalue weighted by atomic mass is 10.1. The first-order valence-corrected chi connectivity index (χ1v) is 9.83. The average molecular weight is 386 g/mol. The van der Waals surface area contributed by atoms with Crippen LogP contribution < -0.4 is 5.01 Å². The molecule has 0 fully saturated rings. The Balaban J connectivity index is 1.82. The fraction of sp³-hybridized carbons (Fsp3) is 0.524. The number of hydrogen-bond acceptors (Lipinski definition) is 4. The van der Waals surface area contributed by atoms with Gasteiger partial charge in [-0.25, -0.2) is 4.79 Å². The predicted octanol–water partition coefficient (Wildman–Crippen LogP) is 3.11.